The highest BCUT2D eigenvalue weighted by atomic mass is 19.4. The molecule has 0 N–H and O–H groups in total. The van der Waals surface area contributed by atoms with Crippen molar-refractivity contribution < 1.29 is 44.3 Å². The number of hydrogen-bond acceptors (Lipinski definition) is 2. The maximum atomic E-state index is 13.6. The first-order valence-corrected chi connectivity index (χ1v) is 6.97. The number of carbonyl (C=O) groups excluding carboxylic acids is 1. The van der Waals surface area contributed by atoms with Gasteiger partial charge in [-0.15, -0.1) is 0 Å². The van der Waals surface area contributed by atoms with Crippen LogP contribution in [-0.2, 0) is 4.79 Å². The van der Waals surface area contributed by atoms with Gasteiger partial charge in [0, 0.05) is 25.7 Å². The van der Waals surface area contributed by atoms with Crippen LogP contribution in [-0.4, -0.2) is 71.9 Å². The second-order valence-corrected chi connectivity index (χ2v) is 5.80. The maximum Gasteiger partial charge on any atom is 0.460 e. The van der Waals surface area contributed by atoms with E-state index in [4.69, 9.17) is 0 Å². The number of fused-ring (bicyclic) bond motifs is 1. The molecule has 140 valence electrons. The number of piperazine rings is 1. The summed E-state index contributed by atoms with van der Waals surface area (Å²) in [7, 11) is 0. The van der Waals surface area contributed by atoms with E-state index in [1.165, 1.54) is 0 Å². The molecule has 0 aromatic rings. The lowest BCUT2D eigenvalue weighted by Gasteiger charge is -2.40. The Kier molecular flexibility index (Phi) is 4.52. The Labute approximate surface area is 130 Å². The Bertz CT molecular complexity index is 505. The van der Waals surface area contributed by atoms with Crippen LogP contribution in [0.5, 0.6) is 0 Å². The van der Waals surface area contributed by atoms with Crippen molar-refractivity contribution in [2.45, 2.75) is 42.8 Å². The molecule has 12 heteroatoms. The lowest BCUT2D eigenvalue weighted by Crippen LogP contribution is -2.67. The van der Waals surface area contributed by atoms with Crippen molar-refractivity contribution in [3.05, 3.63) is 0 Å². The molecular formula is C12H13F9N2O. The van der Waals surface area contributed by atoms with E-state index in [0.29, 0.717) is 19.4 Å². The summed E-state index contributed by atoms with van der Waals surface area (Å²) in [6.07, 6.45) is -5.75. The first kappa shape index (κ1) is 19.1. The van der Waals surface area contributed by atoms with Gasteiger partial charge in [-0.3, -0.25) is 9.69 Å². The van der Waals surface area contributed by atoms with Crippen molar-refractivity contribution in [1.82, 2.24) is 9.80 Å². The van der Waals surface area contributed by atoms with E-state index in [-0.39, 0.29) is 11.4 Å². The van der Waals surface area contributed by atoms with E-state index >= 15 is 0 Å². The zero-order chi connectivity index (χ0) is 18.6. The van der Waals surface area contributed by atoms with Crippen LogP contribution in [0.4, 0.5) is 39.5 Å². The third-order valence-corrected chi connectivity index (χ3v) is 4.29. The second-order valence-electron chi connectivity index (χ2n) is 5.80. The fourth-order valence-corrected chi connectivity index (χ4v) is 2.88. The van der Waals surface area contributed by atoms with Crippen molar-refractivity contribution in [2.75, 3.05) is 26.2 Å². The highest BCUT2D eigenvalue weighted by Gasteiger charge is 2.84. The minimum Gasteiger partial charge on any atom is -0.334 e. The van der Waals surface area contributed by atoms with Gasteiger partial charge in [0.1, 0.15) is 0 Å². The molecule has 2 saturated heterocycles. The first-order valence-electron chi connectivity index (χ1n) is 6.97. The largest absolute Gasteiger partial charge is 0.460 e. The topological polar surface area (TPSA) is 23.6 Å². The lowest BCUT2D eigenvalue weighted by molar-refractivity contribution is -0.389. The van der Waals surface area contributed by atoms with Gasteiger partial charge in [0.15, 0.2) is 0 Å². The normalized spacial score (nSPS) is 24.2. The van der Waals surface area contributed by atoms with Crippen molar-refractivity contribution in [2.24, 2.45) is 0 Å². The zero-order valence-corrected chi connectivity index (χ0v) is 12.0. The molecule has 2 heterocycles. The Balaban J connectivity index is 2.23. The van der Waals surface area contributed by atoms with Crippen LogP contribution in [0.15, 0.2) is 0 Å². The van der Waals surface area contributed by atoms with Gasteiger partial charge in [-0.05, 0) is 19.4 Å². The Morgan fingerprint density at radius 3 is 1.96 bits per heavy atom. The molecule has 2 aliphatic rings. The van der Waals surface area contributed by atoms with Gasteiger partial charge in [-0.1, -0.05) is 0 Å². The monoisotopic (exact) mass is 372 g/mol. The molecule has 1 amide bonds. The minimum absolute atomic E-state index is 0.0632. The molecular weight excluding hydrogens is 359 g/mol. The number of carbonyl (C=O) groups is 1. The first-order chi connectivity index (χ1) is 10.7. The van der Waals surface area contributed by atoms with Gasteiger partial charge in [0.2, 0.25) is 0 Å². The zero-order valence-electron chi connectivity index (χ0n) is 12.0. The summed E-state index contributed by atoms with van der Waals surface area (Å²) in [6, 6.07) is -0.393. The van der Waals surface area contributed by atoms with Gasteiger partial charge in [-0.2, -0.15) is 39.5 Å². The molecule has 0 radical (unpaired) electrons. The molecule has 3 nitrogen and oxygen atoms in total. The summed E-state index contributed by atoms with van der Waals surface area (Å²) < 4.78 is 116. The average molecular weight is 372 g/mol. The van der Waals surface area contributed by atoms with Crippen molar-refractivity contribution in [3.8, 4) is 0 Å². The highest BCUT2D eigenvalue weighted by Crippen LogP contribution is 2.53. The third-order valence-electron chi connectivity index (χ3n) is 4.29. The second kappa shape index (κ2) is 5.67. The molecule has 0 spiro atoms. The highest BCUT2D eigenvalue weighted by molar-refractivity contribution is 5.85. The van der Waals surface area contributed by atoms with Crippen LogP contribution in [0.25, 0.3) is 0 Å². The van der Waals surface area contributed by atoms with Crippen LogP contribution >= 0.6 is 0 Å². The predicted octanol–water partition coefficient (Wildman–Crippen LogP) is 2.76. The summed E-state index contributed by atoms with van der Waals surface area (Å²) in [5.41, 5.74) is 0. The number of amides is 1. The van der Waals surface area contributed by atoms with Gasteiger partial charge in [0.05, 0.1) is 0 Å². The van der Waals surface area contributed by atoms with E-state index in [9.17, 15) is 44.3 Å². The van der Waals surface area contributed by atoms with Crippen molar-refractivity contribution in [1.29, 1.82) is 0 Å². The summed E-state index contributed by atoms with van der Waals surface area (Å²) in [6.45, 7) is -0.181. The Hall–Kier alpha value is -1.20. The molecule has 0 aromatic heterocycles. The molecule has 1 atom stereocenters. The standard InChI is InChI=1S/C12H13F9N2O/c13-9(14,10(15,16)11(17,18)12(19,20)21)8(24)23-5-4-22-3-1-2-7(22)6-23/h7H,1-6H2. The molecule has 0 aliphatic carbocycles. The third kappa shape index (κ3) is 2.72. The Morgan fingerprint density at radius 2 is 1.42 bits per heavy atom. The summed E-state index contributed by atoms with van der Waals surface area (Å²) in [5.74, 6) is -22.9. The molecule has 2 rings (SSSR count). The van der Waals surface area contributed by atoms with Crippen molar-refractivity contribution >= 4 is 5.91 Å². The van der Waals surface area contributed by atoms with Crippen LogP contribution < -0.4 is 0 Å². The lowest BCUT2D eigenvalue weighted by atomic mass is 10.0. The molecule has 24 heavy (non-hydrogen) atoms. The smallest absolute Gasteiger partial charge is 0.334 e. The van der Waals surface area contributed by atoms with Crippen LogP contribution in [0.1, 0.15) is 12.8 Å². The molecule has 0 bridgehead atoms. The Morgan fingerprint density at radius 1 is 0.833 bits per heavy atom. The van der Waals surface area contributed by atoms with Gasteiger partial charge < -0.3 is 4.90 Å². The molecule has 1 unspecified atom stereocenters. The average Bonchev–Trinajstić information content (AvgIpc) is 2.91. The predicted molar refractivity (Wildman–Crippen MR) is 62.1 cm³/mol. The van der Waals surface area contributed by atoms with Crippen molar-refractivity contribution in [3.63, 3.8) is 0 Å². The van der Waals surface area contributed by atoms with Gasteiger partial charge >= 0.3 is 23.9 Å². The molecule has 2 fully saturated rings. The summed E-state index contributed by atoms with van der Waals surface area (Å²) >= 11 is 0. The maximum absolute atomic E-state index is 13.6. The summed E-state index contributed by atoms with van der Waals surface area (Å²) in [5, 5.41) is 0. The van der Waals surface area contributed by atoms with E-state index in [2.05, 4.69) is 0 Å². The SMILES string of the molecule is O=C(N1CCN2CCCC2C1)C(F)(F)C(F)(F)C(F)(F)C(F)(F)F. The van der Waals surface area contributed by atoms with Crippen LogP contribution in [0.2, 0.25) is 0 Å². The molecule has 0 saturated carbocycles. The van der Waals surface area contributed by atoms with Gasteiger partial charge in [-0.25, -0.2) is 0 Å². The quantitative estimate of drug-likeness (QED) is 0.712. The number of hydrogen-bond donors (Lipinski definition) is 0. The minimum atomic E-state index is -7.05. The number of alkyl halides is 9. The molecule has 0 aromatic carbocycles. The van der Waals surface area contributed by atoms with E-state index in [1.807, 2.05) is 4.90 Å². The van der Waals surface area contributed by atoms with Crippen LogP contribution in [0, 0.1) is 0 Å². The van der Waals surface area contributed by atoms with Gasteiger partial charge in [0.25, 0.3) is 5.91 Å². The number of rotatable bonds is 3. The molecule has 2 aliphatic heterocycles. The van der Waals surface area contributed by atoms with Crippen LogP contribution in [0.3, 0.4) is 0 Å². The number of halogens is 9. The fraction of sp³-hybridized carbons (Fsp3) is 0.917. The van der Waals surface area contributed by atoms with E-state index in [0.717, 1.165) is 0 Å². The summed E-state index contributed by atoms with van der Waals surface area (Å²) in [4.78, 5) is 13.6. The van der Waals surface area contributed by atoms with E-state index < -0.39 is 49.0 Å². The fourth-order valence-electron chi connectivity index (χ4n) is 2.88. The number of nitrogens with zero attached hydrogens (tertiary/aromatic N) is 2. The van der Waals surface area contributed by atoms with E-state index in [1.54, 1.807) is 0 Å².